The van der Waals surface area contributed by atoms with Crippen LogP contribution >= 0.6 is 35.1 Å². The number of halogens is 1. The standard InChI is InChI=1S/C10H15ClN5O13P3/c11-10-14-7(12)4-8(15-10)16(2-13-4)9-6(18)5(17)3(27-9)1-26-31(22,23)29-32(24,25)28-30(19,20)21/h2-3,5-6,9,17-18H,1H2,(H,22,23)(H,24,25)(H2,12,14,15)(H2,19,20,21)/t3-,5?,6+,9-/m1/s1. The van der Waals surface area contributed by atoms with E-state index in [1.54, 1.807) is 0 Å². The van der Waals surface area contributed by atoms with E-state index in [4.69, 9.17) is 36.8 Å². The van der Waals surface area contributed by atoms with Gasteiger partial charge in [-0.3, -0.25) is 9.09 Å². The molecule has 6 atom stereocenters. The lowest BCUT2D eigenvalue weighted by Gasteiger charge is -2.19. The molecule has 0 radical (unpaired) electrons. The summed E-state index contributed by atoms with van der Waals surface area (Å²) < 4.78 is 51.9. The van der Waals surface area contributed by atoms with Crippen LogP contribution in [0.5, 0.6) is 0 Å². The molecule has 2 aromatic heterocycles. The first-order valence-electron chi connectivity index (χ1n) is 8.04. The second-order valence-corrected chi connectivity index (χ2v) is 10.9. The Kier molecular flexibility index (Phi) is 7.14. The van der Waals surface area contributed by atoms with Crippen molar-refractivity contribution < 1.29 is 61.4 Å². The number of fused-ring (bicyclic) bond motifs is 1. The van der Waals surface area contributed by atoms with Gasteiger partial charge in [0.05, 0.1) is 12.9 Å². The highest BCUT2D eigenvalue weighted by molar-refractivity contribution is 7.66. The molecule has 1 aliphatic rings. The minimum atomic E-state index is -5.72. The number of aliphatic hydroxyl groups is 2. The Hall–Kier alpha value is -1.07. The van der Waals surface area contributed by atoms with Gasteiger partial charge < -0.3 is 40.3 Å². The van der Waals surface area contributed by atoms with Crippen LogP contribution in [-0.4, -0.2) is 74.2 Å². The average molecular weight is 542 g/mol. The first-order valence-corrected chi connectivity index (χ1v) is 12.9. The van der Waals surface area contributed by atoms with Gasteiger partial charge in [0.2, 0.25) is 5.28 Å². The molecular weight excluding hydrogens is 527 g/mol. The topological polar surface area (TPSA) is 279 Å². The zero-order valence-electron chi connectivity index (χ0n) is 15.2. The van der Waals surface area contributed by atoms with E-state index in [1.165, 1.54) is 0 Å². The average Bonchev–Trinajstić information content (AvgIpc) is 3.12. The summed E-state index contributed by atoms with van der Waals surface area (Å²) in [4.78, 5) is 47.2. The van der Waals surface area contributed by atoms with E-state index < -0.39 is 54.6 Å². The van der Waals surface area contributed by atoms with Gasteiger partial charge in [-0.05, 0) is 11.6 Å². The van der Waals surface area contributed by atoms with Gasteiger partial charge in [-0.15, -0.1) is 0 Å². The molecule has 0 aliphatic carbocycles. The van der Waals surface area contributed by atoms with Crippen LogP contribution in [0.15, 0.2) is 6.33 Å². The lowest BCUT2D eigenvalue weighted by molar-refractivity contribution is -0.0503. The van der Waals surface area contributed by atoms with Crippen molar-refractivity contribution in [3.8, 4) is 0 Å². The van der Waals surface area contributed by atoms with Crippen LogP contribution < -0.4 is 5.73 Å². The van der Waals surface area contributed by atoms with E-state index in [0.717, 1.165) is 10.9 Å². The van der Waals surface area contributed by atoms with Gasteiger partial charge in [-0.1, -0.05) is 0 Å². The fourth-order valence-corrected chi connectivity index (χ4v) is 5.87. The van der Waals surface area contributed by atoms with Gasteiger partial charge in [0.15, 0.2) is 17.7 Å². The Balaban J connectivity index is 1.72. The molecule has 0 amide bonds. The second kappa shape index (κ2) is 8.94. The van der Waals surface area contributed by atoms with E-state index >= 15 is 0 Å². The molecule has 0 spiro atoms. The molecule has 8 N–H and O–H groups in total. The summed E-state index contributed by atoms with van der Waals surface area (Å²) in [6.45, 7) is -0.983. The molecule has 32 heavy (non-hydrogen) atoms. The molecule has 3 heterocycles. The Morgan fingerprint density at radius 3 is 2.38 bits per heavy atom. The number of nitrogens with zero attached hydrogens (tertiary/aromatic N) is 4. The third kappa shape index (κ3) is 5.88. The summed E-state index contributed by atoms with van der Waals surface area (Å²) in [5.41, 5.74) is 5.83. The van der Waals surface area contributed by atoms with Crippen molar-refractivity contribution >= 4 is 52.1 Å². The number of nitrogen functional groups attached to an aromatic ring is 1. The molecule has 3 rings (SSSR count). The normalized spacial score (nSPS) is 28.0. The summed E-state index contributed by atoms with van der Waals surface area (Å²) in [7, 11) is -16.7. The number of imidazole rings is 1. The van der Waals surface area contributed by atoms with Gasteiger partial charge >= 0.3 is 23.5 Å². The van der Waals surface area contributed by atoms with E-state index in [2.05, 4.69) is 28.1 Å². The summed E-state index contributed by atoms with van der Waals surface area (Å²) in [6, 6.07) is 0. The van der Waals surface area contributed by atoms with Crippen LogP contribution in [0.1, 0.15) is 6.23 Å². The number of ether oxygens (including phenoxy) is 1. The largest absolute Gasteiger partial charge is 0.490 e. The maximum Gasteiger partial charge on any atom is 0.490 e. The van der Waals surface area contributed by atoms with Crippen molar-refractivity contribution in [3.05, 3.63) is 11.6 Å². The van der Waals surface area contributed by atoms with E-state index in [1.807, 2.05) is 0 Å². The molecule has 1 aliphatic heterocycles. The molecule has 2 aromatic rings. The van der Waals surface area contributed by atoms with Gasteiger partial charge in [-0.25, -0.2) is 18.7 Å². The summed E-state index contributed by atoms with van der Waals surface area (Å²) >= 11 is 5.75. The van der Waals surface area contributed by atoms with Crippen LogP contribution in [0.3, 0.4) is 0 Å². The summed E-state index contributed by atoms with van der Waals surface area (Å²) in [6.07, 6.45) is -5.05. The predicted octanol–water partition coefficient (Wildman–Crippen LogP) is -0.976. The third-order valence-corrected chi connectivity index (χ3v) is 7.82. The van der Waals surface area contributed by atoms with E-state index in [-0.39, 0.29) is 22.3 Å². The number of phosphoric acid groups is 3. The Bertz CT molecular complexity index is 1160. The van der Waals surface area contributed by atoms with Crippen molar-refractivity contribution in [1.82, 2.24) is 19.5 Å². The zero-order chi connectivity index (χ0) is 24.1. The molecular formula is C10H15ClN5O13P3. The lowest BCUT2D eigenvalue weighted by Crippen LogP contribution is -2.33. The molecule has 18 nitrogen and oxygen atoms in total. The minimum Gasteiger partial charge on any atom is -0.387 e. The van der Waals surface area contributed by atoms with Crippen LogP contribution in [-0.2, 0) is 31.6 Å². The molecule has 22 heteroatoms. The van der Waals surface area contributed by atoms with Crippen LogP contribution in [0.2, 0.25) is 5.28 Å². The molecule has 1 fully saturated rings. The second-order valence-electron chi connectivity index (χ2n) is 6.13. The van der Waals surface area contributed by atoms with Crippen molar-refractivity contribution in [3.63, 3.8) is 0 Å². The number of nitrogens with two attached hydrogens (primary N) is 1. The molecule has 1 saturated heterocycles. The van der Waals surface area contributed by atoms with Crippen molar-refractivity contribution in [2.45, 2.75) is 24.5 Å². The fraction of sp³-hybridized carbons (Fsp3) is 0.500. The number of rotatable bonds is 8. The Labute approximate surface area is 182 Å². The maximum atomic E-state index is 11.8. The van der Waals surface area contributed by atoms with Gasteiger partial charge in [0.1, 0.15) is 23.8 Å². The quantitative estimate of drug-likeness (QED) is 0.156. The fourth-order valence-electron chi connectivity index (χ4n) is 2.66. The van der Waals surface area contributed by atoms with Crippen molar-refractivity contribution in [1.29, 1.82) is 0 Å². The predicted molar refractivity (Wildman–Crippen MR) is 100 cm³/mol. The SMILES string of the molecule is Nc1nc(Cl)nc2c1ncn2[C@@H]1O[C@H](COP(=O)(O)OP(=O)(O)OP(=O)(O)O)C(O)[C@@H]1O. The summed E-state index contributed by atoms with van der Waals surface area (Å²) in [5.74, 6) is -0.0732. The smallest absolute Gasteiger partial charge is 0.387 e. The van der Waals surface area contributed by atoms with Gasteiger partial charge in [0, 0.05) is 0 Å². The van der Waals surface area contributed by atoms with E-state index in [9.17, 15) is 28.8 Å². The van der Waals surface area contributed by atoms with Crippen LogP contribution in [0.4, 0.5) is 5.82 Å². The third-order valence-electron chi connectivity index (χ3n) is 3.85. The van der Waals surface area contributed by atoms with Crippen molar-refractivity contribution in [2.75, 3.05) is 12.3 Å². The van der Waals surface area contributed by atoms with Crippen molar-refractivity contribution in [2.24, 2.45) is 0 Å². The highest BCUT2D eigenvalue weighted by atomic mass is 35.5. The highest BCUT2D eigenvalue weighted by Gasteiger charge is 2.47. The number of hydrogen-bond donors (Lipinski definition) is 7. The molecule has 0 saturated carbocycles. The number of aromatic nitrogens is 4. The summed E-state index contributed by atoms with van der Waals surface area (Å²) in [5, 5.41) is 20.2. The molecule has 180 valence electrons. The Morgan fingerprint density at radius 2 is 1.75 bits per heavy atom. The first kappa shape index (κ1) is 25.6. The zero-order valence-corrected chi connectivity index (χ0v) is 18.7. The number of phosphoric ester groups is 1. The van der Waals surface area contributed by atoms with Gasteiger partial charge in [0.25, 0.3) is 0 Å². The number of hydrogen-bond acceptors (Lipinski definition) is 13. The highest BCUT2D eigenvalue weighted by Crippen LogP contribution is 2.66. The first-order chi connectivity index (χ1) is 14.6. The monoisotopic (exact) mass is 541 g/mol. The Morgan fingerprint density at radius 1 is 1.09 bits per heavy atom. The number of anilines is 1. The molecule has 0 aromatic carbocycles. The lowest BCUT2D eigenvalue weighted by atomic mass is 10.1. The minimum absolute atomic E-state index is 0.0345. The van der Waals surface area contributed by atoms with E-state index in [0.29, 0.717) is 0 Å². The molecule has 0 bridgehead atoms. The number of aliphatic hydroxyl groups excluding tert-OH is 2. The maximum absolute atomic E-state index is 11.8. The van der Waals surface area contributed by atoms with Gasteiger partial charge in [-0.2, -0.15) is 18.6 Å². The van der Waals surface area contributed by atoms with Crippen LogP contribution in [0.25, 0.3) is 11.2 Å². The molecule has 3 unspecified atom stereocenters. The van der Waals surface area contributed by atoms with Crippen LogP contribution in [0, 0.1) is 0 Å².